The van der Waals surface area contributed by atoms with Crippen LogP contribution in [0.15, 0.2) is 53.0 Å². The van der Waals surface area contributed by atoms with E-state index in [2.05, 4.69) is 21.2 Å². The summed E-state index contributed by atoms with van der Waals surface area (Å²) in [6.07, 6.45) is -0.542. The normalized spacial score (nSPS) is 9.95. The molecule has 0 bridgehead atoms. The first-order valence-electron chi connectivity index (χ1n) is 6.55. The fraction of sp³-hybridized carbons (Fsp3) is 0.125. The van der Waals surface area contributed by atoms with Crippen molar-refractivity contribution in [3.63, 3.8) is 0 Å². The van der Waals surface area contributed by atoms with Crippen molar-refractivity contribution in [1.82, 2.24) is 0 Å². The second-order valence-electron chi connectivity index (χ2n) is 4.58. The molecule has 0 aliphatic carbocycles. The van der Waals surface area contributed by atoms with Crippen LogP contribution in [0, 0.1) is 0 Å². The molecule has 0 fully saturated rings. The third-order valence-electron chi connectivity index (χ3n) is 2.87. The van der Waals surface area contributed by atoms with Gasteiger partial charge in [0.05, 0.1) is 5.69 Å². The van der Waals surface area contributed by atoms with E-state index in [1.54, 1.807) is 37.4 Å². The van der Waals surface area contributed by atoms with Crippen LogP contribution in [0.4, 0.5) is 16.2 Å². The molecule has 5 nitrogen and oxygen atoms in total. The van der Waals surface area contributed by atoms with Crippen molar-refractivity contribution in [1.29, 1.82) is 0 Å². The Morgan fingerprint density at radius 2 is 1.82 bits per heavy atom. The van der Waals surface area contributed by atoms with Gasteiger partial charge in [0.25, 0.3) is 0 Å². The average Bonchev–Trinajstić information content (AvgIpc) is 2.49. The van der Waals surface area contributed by atoms with Gasteiger partial charge in [0, 0.05) is 24.1 Å². The predicted molar refractivity (Wildman–Crippen MR) is 89.3 cm³/mol. The summed E-state index contributed by atoms with van der Waals surface area (Å²) < 4.78 is 6.14. The van der Waals surface area contributed by atoms with E-state index >= 15 is 0 Å². The number of amides is 2. The fourth-order valence-corrected chi connectivity index (χ4v) is 2.16. The highest BCUT2D eigenvalue weighted by molar-refractivity contribution is 9.10. The maximum absolute atomic E-state index is 12.2. The highest BCUT2D eigenvalue weighted by Gasteiger charge is 2.16. The smallest absolute Gasteiger partial charge is 0.408 e. The number of anilines is 2. The summed E-state index contributed by atoms with van der Waals surface area (Å²) in [4.78, 5) is 24.8. The van der Waals surface area contributed by atoms with E-state index in [1.807, 2.05) is 18.2 Å². The Morgan fingerprint density at radius 1 is 1.14 bits per heavy atom. The Balaban J connectivity index is 2.19. The quantitative estimate of drug-likeness (QED) is 0.895. The lowest BCUT2D eigenvalue weighted by atomic mass is 10.3. The molecule has 6 heteroatoms. The van der Waals surface area contributed by atoms with E-state index < -0.39 is 6.09 Å². The molecule has 0 heterocycles. The molecule has 0 spiro atoms. The number of carbonyl (C=O) groups is 2. The number of hydrogen-bond acceptors (Lipinski definition) is 3. The molecule has 2 rings (SSSR count). The van der Waals surface area contributed by atoms with Crippen molar-refractivity contribution in [2.24, 2.45) is 0 Å². The van der Waals surface area contributed by atoms with E-state index in [4.69, 9.17) is 4.74 Å². The molecule has 0 saturated carbocycles. The standard InChI is InChI=1S/C16H15BrN2O3/c1-11(20)18-14-10-12(17)8-9-15(14)22-16(21)19(2)13-6-4-3-5-7-13/h3-10H,1-2H3,(H,18,20). The molecule has 0 unspecified atom stereocenters. The summed E-state index contributed by atoms with van der Waals surface area (Å²) in [6.45, 7) is 1.39. The molecular weight excluding hydrogens is 348 g/mol. The number of nitrogens with zero attached hydrogens (tertiary/aromatic N) is 1. The topological polar surface area (TPSA) is 58.6 Å². The Labute approximate surface area is 137 Å². The lowest BCUT2D eigenvalue weighted by Gasteiger charge is -2.18. The number of halogens is 1. The van der Waals surface area contributed by atoms with E-state index in [-0.39, 0.29) is 11.7 Å². The number of benzene rings is 2. The van der Waals surface area contributed by atoms with Crippen LogP contribution in [0.5, 0.6) is 5.75 Å². The van der Waals surface area contributed by atoms with Crippen LogP contribution in [0.2, 0.25) is 0 Å². The SMILES string of the molecule is CC(=O)Nc1cc(Br)ccc1OC(=O)N(C)c1ccccc1. The molecule has 2 aromatic rings. The van der Waals surface area contributed by atoms with Crippen molar-refractivity contribution >= 4 is 39.3 Å². The van der Waals surface area contributed by atoms with Gasteiger partial charge < -0.3 is 10.1 Å². The van der Waals surface area contributed by atoms with Gasteiger partial charge in [0.2, 0.25) is 5.91 Å². The van der Waals surface area contributed by atoms with Gasteiger partial charge in [-0.25, -0.2) is 4.79 Å². The first-order chi connectivity index (χ1) is 10.5. The fourth-order valence-electron chi connectivity index (χ4n) is 1.80. The van der Waals surface area contributed by atoms with Crippen molar-refractivity contribution in [2.45, 2.75) is 6.92 Å². The monoisotopic (exact) mass is 362 g/mol. The van der Waals surface area contributed by atoms with Crippen LogP contribution < -0.4 is 15.0 Å². The largest absolute Gasteiger partial charge is 0.419 e. The van der Waals surface area contributed by atoms with Crippen molar-refractivity contribution in [3.05, 3.63) is 53.0 Å². The first-order valence-corrected chi connectivity index (χ1v) is 7.34. The van der Waals surface area contributed by atoms with Crippen LogP contribution in [-0.2, 0) is 4.79 Å². The van der Waals surface area contributed by atoms with Gasteiger partial charge in [0.1, 0.15) is 0 Å². The molecule has 0 atom stereocenters. The van der Waals surface area contributed by atoms with Crippen LogP contribution in [0.25, 0.3) is 0 Å². The zero-order valence-electron chi connectivity index (χ0n) is 12.2. The molecule has 0 radical (unpaired) electrons. The highest BCUT2D eigenvalue weighted by atomic mass is 79.9. The number of carbonyl (C=O) groups excluding carboxylic acids is 2. The van der Waals surface area contributed by atoms with Crippen LogP contribution in [0.3, 0.4) is 0 Å². The molecule has 114 valence electrons. The third-order valence-corrected chi connectivity index (χ3v) is 3.36. The number of para-hydroxylation sites is 1. The van der Waals surface area contributed by atoms with Gasteiger partial charge in [-0.05, 0) is 30.3 Å². The Hall–Kier alpha value is -2.34. The lowest BCUT2D eigenvalue weighted by molar-refractivity contribution is -0.114. The molecule has 1 N–H and O–H groups in total. The van der Waals surface area contributed by atoms with Crippen molar-refractivity contribution in [3.8, 4) is 5.75 Å². The zero-order valence-corrected chi connectivity index (χ0v) is 13.8. The minimum atomic E-state index is -0.542. The predicted octanol–water partition coefficient (Wildman–Crippen LogP) is 4.04. The maximum Gasteiger partial charge on any atom is 0.419 e. The molecule has 2 amide bonds. The summed E-state index contributed by atoms with van der Waals surface area (Å²) in [5.74, 6) is 0.0398. The number of ether oxygens (including phenoxy) is 1. The molecule has 2 aromatic carbocycles. The summed E-state index contributed by atoms with van der Waals surface area (Å²) in [7, 11) is 1.62. The summed E-state index contributed by atoms with van der Waals surface area (Å²) in [6, 6.07) is 14.2. The minimum Gasteiger partial charge on any atom is -0.408 e. The molecular formula is C16H15BrN2O3. The second-order valence-corrected chi connectivity index (χ2v) is 5.50. The second kappa shape index (κ2) is 7.09. The maximum atomic E-state index is 12.2. The molecule has 0 aliphatic rings. The average molecular weight is 363 g/mol. The van der Waals surface area contributed by atoms with Gasteiger partial charge in [-0.2, -0.15) is 0 Å². The Morgan fingerprint density at radius 3 is 2.45 bits per heavy atom. The highest BCUT2D eigenvalue weighted by Crippen LogP contribution is 2.29. The van der Waals surface area contributed by atoms with Gasteiger partial charge in [-0.3, -0.25) is 9.69 Å². The molecule has 0 aliphatic heterocycles. The minimum absolute atomic E-state index is 0.244. The summed E-state index contributed by atoms with van der Waals surface area (Å²) in [5, 5.41) is 2.63. The lowest BCUT2D eigenvalue weighted by Crippen LogP contribution is -2.29. The molecule has 0 aromatic heterocycles. The summed E-state index contributed by atoms with van der Waals surface area (Å²) >= 11 is 3.32. The first kappa shape index (κ1) is 16.0. The van der Waals surface area contributed by atoms with Crippen molar-refractivity contribution < 1.29 is 14.3 Å². The number of rotatable bonds is 3. The van der Waals surface area contributed by atoms with E-state index in [9.17, 15) is 9.59 Å². The van der Waals surface area contributed by atoms with Crippen LogP contribution in [-0.4, -0.2) is 19.0 Å². The number of hydrogen-bond donors (Lipinski definition) is 1. The Kier molecular flexibility index (Phi) is 5.16. The Bertz CT molecular complexity index is 689. The van der Waals surface area contributed by atoms with Gasteiger partial charge in [0.15, 0.2) is 5.75 Å². The third kappa shape index (κ3) is 4.08. The van der Waals surface area contributed by atoms with Gasteiger partial charge in [-0.15, -0.1) is 0 Å². The number of nitrogens with one attached hydrogen (secondary N) is 1. The van der Waals surface area contributed by atoms with Crippen LogP contribution >= 0.6 is 15.9 Å². The summed E-state index contributed by atoms with van der Waals surface area (Å²) in [5.41, 5.74) is 1.14. The van der Waals surface area contributed by atoms with E-state index in [1.165, 1.54) is 11.8 Å². The van der Waals surface area contributed by atoms with Crippen molar-refractivity contribution in [2.75, 3.05) is 17.3 Å². The zero-order chi connectivity index (χ0) is 16.1. The molecule has 22 heavy (non-hydrogen) atoms. The van der Waals surface area contributed by atoms with Gasteiger partial charge in [-0.1, -0.05) is 34.1 Å². The van der Waals surface area contributed by atoms with E-state index in [0.29, 0.717) is 11.4 Å². The van der Waals surface area contributed by atoms with E-state index in [0.717, 1.165) is 4.47 Å². The van der Waals surface area contributed by atoms with Crippen LogP contribution in [0.1, 0.15) is 6.92 Å². The van der Waals surface area contributed by atoms with Gasteiger partial charge >= 0.3 is 6.09 Å². The molecule has 0 saturated heterocycles.